The molecule has 1 heterocycles. The second-order valence-electron chi connectivity index (χ2n) is 3.71. The van der Waals surface area contributed by atoms with Crippen LogP contribution in [-0.2, 0) is 4.79 Å². The van der Waals surface area contributed by atoms with Crippen molar-refractivity contribution in [3.8, 4) is 0 Å². The van der Waals surface area contributed by atoms with E-state index in [2.05, 4.69) is 0 Å². The van der Waals surface area contributed by atoms with Gasteiger partial charge in [-0.25, -0.2) is 0 Å². The maximum atomic E-state index is 11.4. The van der Waals surface area contributed by atoms with Crippen LogP contribution in [0, 0.1) is 0 Å². The summed E-state index contributed by atoms with van der Waals surface area (Å²) in [5.41, 5.74) is 1.10. The van der Waals surface area contributed by atoms with E-state index >= 15 is 0 Å². The minimum Gasteiger partial charge on any atom is -0.376 e. The van der Waals surface area contributed by atoms with Gasteiger partial charge in [0.05, 0.1) is 0 Å². The summed E-state index contributed by atoms with van der Waals surface area (Å²) in [4.78, 5) is 12.9. The van der Waals surface area contributed by atoms with Crippen molar-refractivity contribution in [2.75, 3.05) is 13.3 Å². The van der Waals surface area contributed by atoms with Gasteiger partial charge in [-0.05, 0) is 17.7 Å². The summed E-state index contributed by atoms with van der Waals surface area (Å²) < 4.78 is 0. The number of likely N-dealkylation sites (tertiary alicyclic amines) is 1. The number of aliphatic hydroxyl groups is 1. The molecule has 0 radical (unpaired) electrons. The zero-order valence-electron chi connectivity index (χ0n) is 8.19. The molecule has 15 heavy (non-hydrogen) atoms. The number of hydrogen-bond donors (Lipinski definition) is 1. The molecule has 0 bridgehead atoms. The van der Waals surface area contributed by atoms with Crippen LogP contribution in [0.25, 0.3) is 0 Å². The molecule has 1 aliphatic heterocycles. The minimum atomic E-state index is -0.192. The molecule has 1 aromatic rings. The van der Waals surface area contributed by atoms with Crippen LogP contribution in [0.3, 0.4) is 0 Å². The summed E-state index contributed by atoms with van der Waals surface area (Å²) in [7, 11) is 0. The quantitative estimate of drug-likeness (QED) is 0.831. The first-order valence-electron chi connectivity index (χ1n) is 4.85. The van der Waals surface area contributed by atoms with Crippen molar-refractivity contribution in [2.45, 2.75) is 12.3 Å². The summed E-state index contributed by atoms with van der Waals surface area (Å²) in [6.45, 7) is 0.403. The lowest BCUT2D eigenvalue weighted by Gasteiger charge is -2.12. The average molecular weight is 226 g/mol. The first-order valence-corrected chi connectivity index (χ1v) is 5.22. The van der Waals surface area contributed by atoms with Gasteiger partial charge in [0.2, 0.25) is 5.91 Å². The highest BCUT2D eigenvalue weighted by Gasteiger charge is 2.29. The Hall–Kier alpha value is -1.06. The molecular formula is C11H12ClNO2. The van der Waals surface area contributed by atoms with E-state index in [1.54, 1.807) is 0 Å². The molecule has 1 atom stereocenters. The van der Waals surface area contributed by atoms with Gasteiger partial charge in [0.25, 0.3) is 0 Å². The molecule has 2 rings (SSSR count). The smallest absolute Gasteiger partial charge is 0.225 e. The number of halogens is 1. The molecule has 80 valence electrons. The lowest BCUT2D eigenvalue weighted by molar-refractivity contribution is -0.130. The molecule has 0 spiro atoms. The summed E-state index contributed by atoms with van der Waals surface area (Å²) in [5, 5.41) is 9.63. The number of aliphatic hydroxyl groups excluding tert-OH is 1. The molecule has 1 saturated heterocycles. The Balaban J connectivity index is 2.13. The van der Waals surface area contributed by atoms with Gasteiger partial charge in [0.15, 0.2) is 0 Å². The van der Waals surface area contributed by atoms with Gasteiger partial charge in [0, 0.05) is 23.9 Å². The third kappa shape index (κ3) is 2.13. The predicted octanol–water partition coefficient (Wildman–Crippen LogP) is 1.61. The van der Waals surface area contributed by atoms with Gasteiger partial charge >= 0.3 is 0 Å². The highest BCUT2D eigenvalue weighted by molar-refractivity contribution is 6.30. The van der Waals surface area contributed by atoms with Crippen molar-refractivity contribution in [3.05, 3.63) is 34.9 Å². The zero-order valence-corrected chi connectivity index (χ0v) is 8.94. The molecule has 1 N–H and O–H groups in total. The van der Waals surface area contributed by atoms with Crippen LogP contribution in [0.4, 0.5) is 0 Å². The van der Waals surface area contributed by atoms with Crippen LogP contribution in [-0.4, -0.2) is 29.2 Å². The first kappa shape index (κ1) is 10.5. The number of hydrogen-bond acceptors (Lipinski definition) is 2. The number of benzene rings is 1. The molecule has 3 nitrogen and oxygen atoms in total. The van der Waals surface area contributed by atoms with Gasteiger partial charge in [-0.3, -0.25) is 4.79 Å². The average Bonchev–Trinajstić information content (AvgIpc) is 2.61. The Morgan fingerprint density at radius 2 is 2.07 bits per heavy atom. The van der Waals surface area contributed by atoms with Crippen molar-refractivity contribution in [1.82, 2.24) is 4.90 Å². The van der Waals surface area contributed by atoms with E-state index in [-0.39, 0.29) is 18.6 Å². The first-order chi connectivity index (χ1) is 7.20. The Kier molecular flexibility index (Phi) is 2.93. The second kappa shape index (κ2) is 4.21. The summed E-state index contributed by atoms with van der Waals surface area (Å²) in [5.74, 6) is 0.194. The van der Waals surface area contributed by atoms with Gasteiger partial charge < -0.3 is 10.0 Å². The fourth-order valence-corrected chi connectivity index (χ4v) is 1.99. The molecular weight excluding hydrogens is 214 g/mol. The van der Waals surface area contributed by atoms with E-state index in [9.17, 15) is 4.79 Å². The largest absolute Gasteiger partial charge is 0.376 e. The van der Waals surface area contributed by atoms with Crippen molar-refractivity contribution in [1.29, 1.82) is 0 Å². The third-order valence-electron chi connectivity index (χ3n) is 2.73. The van der Waals surface area contributed by atoms with Crippen LogP contribution in [0.5, 0.6) is 0 Å². The van der Waals surface area contributed by atoms with Gasteiger partial charge in [0.1, 0.15) is 6.73 Å². The van der Waals surface area contributed by atoms with Crippen LogP contribution in [0.1, 0.15) is 17.9 Å². The maximum absolute atomic E-state index is 11.4. The number of carbonyl (C=O) groups excluding carboxylic acids is 1. The van der Waals surface area contributed by atoms with Crippen LogP contribution in [0.15, 0.2) is 24.3 Å². The number of amides is 1. The van der Waals surface area contributed by atoms with E-state index in [4.69, 9.17) is 16.7 Å². The molecule has 4 heteroatoms. The normalized spacial score (nSPS) is 21.1. The Morgan fingerprint density at radius 3 is 2.60 bits per heavy atom. The number of nitrogens with zero attached hydrogens (tertiary/aromatic N) is 1. The number of rotatable bonds is 2. The molecule has 1 aliphatic rings. The maximum Gasteiger partial charge on any atom is 0.225 e. The Bertz CT molecular complexity index is 363. The van der Waals surface area contributed by atoms with Crippen LogP contribution < -0.4 is 0 Å². The minimum absolute atomic E-state index is 0.0115. The lowest BCUT2D eigenvalue weighted by Crippen LogP contribution is -2.25. The van der Waals surface area contributed by atoms with Gasteiger partial charge in [-0.1, -0.05) is 23.7 Å². The Labute approximate surface area is 93.3 Å². The second-order valence-corrected chi connectivity index (χ2v) is 4.15. The highest BCUT2D eigenvalue weighted by atomic mass is 35.5. The predicted molar refractivity (Wildman–Crippen MR) is 57.6 cm³/mol. The highest BCUT2D eigenvalue weighted by Crippen LogP contribution is 2.28. The Morgan fingerprint density at radius 1 is 1.40 bits per heavy atom. The molecule has 0 aromatic heterocycles. The molecule has 1 fully saturated rings. The van der Waals surface area contributed by atoms with E-state index < -0.39 is 0 Å². The molecule has 1 unspecified atom stereocenters. The zero-order chi connectivity index (χ0) is 10.8. The van der Waals surface area contributed by atoms with Crippen molar-refractivity contribution < 1.29 is 9.90 Å². The van der Waals surface area contributed by atoms with Crippen LogP contribution >= 0.6 is 11.6 Å². The lowest BCUT2D eigenvalue weighted by atomic mass is 9.98. The topological polar surface area (TPSA) is 40.5 Å². The van der Waals surface area contributed by atoms with Crippen molar-refractivity contribution in [2.24, 2.45) is 0 Å². The fraction of sp³-hybridized carbons (Fsp3) is 0.364. The summed E-state index contributed by atoms with van der Waals surface area (Å²) in [6.07, 6.45) is 0.474. The van der Waals surface area contributed by atoms with Gasteiger partial charge in [-0.2, -0.15) is 0 Å². The monoisotopic (exact) mass is 225 g/mol. The standard InChI is InChI=1S/C11H12ClNO2/c12-10-3-1-8(2-4-10)9-5-11(15)13(6-9)7-14/h1-4,9,14H,5-7H2. The summed E-state index contributed by atoms with van der Waals surface area (Å²) >= 11 is 5.79. The van der Waals surface area contributed by atoms with Crippen LogP contribution in [0.2, 0.25) is 5.02 Å². The van der Waals surface area contributed by atoms with Crippen molar-refractivity contribution in [3.63, 3.8) is 0 Å². The molecule has 0 saturated carbocycles. The SMILES string of the molecule is O=C1CC(c2ccc(Cl)cc2)CN1CO. The fourth-order valence-electron chi connectivity index (χ4n) is 1.87. The third-order valence-corrected chi connectivity index (χ3v) is 2.98. The number of carbonyl (C=O) groups is 1. The van der Waals surface area contributed by atoms with E-state index in [0.717, 1.165) is 5.56 Å². The summed E-state index contributed by atoms with van der Waals surface area (Å²) in [6, 6.07) is 7.51. The molecule has 1 aromatic carbocycles. The molecule has 1 amide bonds. The molecule has 0 aliphatic carbocycles. The van der Waals surface area contributed by atoms with E-state index in [0.29, 0.717) is 18.0 Å². The van der Waals surface area contributed by atoms with E-state index in [1.807, 2.05) is 24.3 Å². The van der Waals surface area contributed by atoms with Gasteiger partial charge in [-0.15, -0.1) is 0 Å². The van der Waals surface area contributed by atoms with Crippen molar-refractivity contribution >= 4 is 17.5 Å². The van der Waals surface area contributed by atoms with E-state index in [1.165, 1.54) is 4.90 Å².